The number of aliphatic hydroxyl groups is 1. The first kappa shape index (κ1) is 31.3. The molecule has 1 heterocycles. The lowest BCUT2D eigenvalue weighted by Gasteiger charge is -2.36. The summed E-state index contributed by atoms with van der Waals surface area (Å²) in [5.74, 6) is 2.39. The minimum atomic E-state index is -0.801. The van der Waals surface area contributed by atoms with E-state index in [9.17, 15) is 9.90 Å². The van der Waals surface area contributed by atoms with Crippen molar-refractivity contribution < 1.29 is 24.1 Å². The highest BCUT2D eigenvalue weighted by Crippen LogP contribution is 2.34. The van der Waals surface area contributed by atoms with E-state index in [-0.39, 0.29) is 18.4 Å². The highest BCUT2D eigenvalue weighted by Gasteiger charge is 2.37. The smallest absolute Gasteiger partial charge is 0.226 e. The first-order valence-electron chi connectivity index (χ1n) is 13.8. The molecular weight excluding hydrogens is 470 g/mol. The first-order chi connectivity index (χ1) is 17.6. The molecule has 1 aliphatic heterocycles. The van der Waals surface area contributed by atoms with Crippen molar-refractivity contribution in [3.63, 3.8) is 0 Å². The van der Waals surface area contributed by atoms with Gasteiger partial charge in [0.25, 0.3) is 0 Å². The molecule has 212 valence electrons. The van der Waals surface area contributed by atoms with Crippen molar-refractivity contribution in [3.05, 3.63) is 23.8 Å². The minimum absolute atomic E-state index is 0.0117. The Labute approximate surface area is 224 Å². The number of rotatable bonds is 16. The second kappa shape index (κ2) is 15.5. The Morgan fingerprint density at radius 1 is 1.19 bits per heavy atom. The van der Waals surface area contributed by atoms with Gasteiger partial charge in [0.2, 0.25) is 5.91 Å². The molecule has 0 bridgehead atoms. The lowest BCUT2D eigenvalue weighted by atomic mass is 9.73. The fourth-order valence-electron chi connectivity index (χ4n) is 5.05. The summed E-state index contributed by atoms with van der Waals surface area (Å²) in [4.78, 5) is 12.9. The lowest BCUT2D eigenvalue weighted by molar-refractivity contribution is -0.133. The molecule has 1 aliphatic rings. The molecule has 1 aromatic rings. The second-order valence-electron chi connectivity index (χ2n) is 11.3. The van der Waals surface area contributed by atoms with Crippen LogP contribution in [0.1, 0.15) is 58.9 Å². The van der Waals surface area contributed by atoms with Gasteiger partial charge in [-0.05, 0) is 74.2 Å². The summed E-state index contributed by atoms with van der Waals surface area (Å²) < 4.78 is 16.5. The van der Waals surface area contributed by atoms with E-state index >= 15 is 0 Å². The quantitative estimate of drug-likeness (QED) is 0.247. The topological polar surface area (TPSA) is 115 Å². The molecule has 8 nitrogen and oxygen atoms in total. The van der Waals surface area contributed by atoms with Crippen molar-refractivity contribution in [1.82, 2.24) is 10.6 Å². The monoisotopic (exact) mass is 521 g/mol. The van der Waals surface area contributed by atoms with Gasteiger partial charge >= 0.3 is 0 Å². The van der Waals surface area contributed by atoms with Crippen LogP contribution < -0.4 is 25.8 Å². The van der Waals surface area contributed by atoms with Gasteiger partial charge in [-0.25, -0.2) is 0 Å². The van der Waals surface area contributed by atoms with Gasteiger partial charge in [-0.15, -0.1) is 0 Å². The summed E-state index contributed by atoms with van der Waals surface area (Å²) in [5.41, 5.74) is 7.12. The van der Waals surface area contributed by atoms with Crippen LogP contribution in [0.25, 0.3) is 0 Å². The molecule has 2 rings (SSSR count). The maximum absolute atomic E-state index is 12.9. The number of carbonyl (C=O) groups excluding carboxylic acids is 1. The maximum Gasteiger partial charge on any atom is 0.226 e. The van der Waals surface area contributed by atoms with E-state index in [4.69, 9.17) is 19.9 Å². The summed E-state index contributed by atoms with van der Waals surface area (Å²) in [6, 6.07) is 5.60. The van der Waals surface area contributed by atoms with Crippen molar-refractivity contribution in [3.8, 4) is 11.5 Å². The number of carbonyl (C=O) groups is 1. The zero-order valence-electron chi connectivity index (χ0n) is 23.8. The van der Waals surface area contributed by atoms with Crippen LogP contribution in [0.3, 0.4) is 0 Å². The molecule has 1 aromatic carbocycles. The van der Waals surface area contributed by atoms with Gasteiger partial charge in [-0.2, -0.15) is 0 Å². The van der Waals surface area contributed by atoms with Crippen LogP contribution in [0.2, 0.25) is 0 Å². The Bertz CT molecular complexity index is 811. The molecule has 1 saturated heterocycles. The van der Waals surface area contributed by atoms with Gasteiger partial charge in [-0.1, -0.05) is 33.8 Å². The second-order valence-corrected chi connectivity index (χ2v) is 11.3. The summed E-state index contributed by atoms with van der Waals surface area (Å²) in [5, 5.41) is 17.1. The average molecular weight is 522 g/mol. The van der Waals surface area contributed by atoms with Gasteiger partial charge < -0.3 is 35.7 Å². The van der Waals surface area contributed by atoms with Gasteiger partial charge in [0.15, 0.2) is 11.5 Å². The Morgan fingerprint density at radius 3 is 2.51 bits per heavy atom. The SMILES string of the molecule is COCCCOc1cc(C[C@@H](C[C@H](N)[C@@H](O)CNC(=O)C(C)(C)C2CCNCC2)C(C)C)ccc1OC. The lowest BCUT2D eigenvalue weighted by Crippen LogP contribution is -2.50. The summed E-state index contributed by atoms with van der Waals surface area (Å²) >= 11 is 0. The fraction of sp³-hybridized carbons (Fsp3) is 0.759. The number of nitrogens with one attached hydrogen (secondary N) is 2. The molecule has 1 fully saturated rings. The van der Waals surface area contributed by atoms with Crippen molar-refractivity contribution >= 4 is 5.91 Å². The zero-order valence-corrected chi connectivity index (χ0v) is 23.8. The third kappa shape index (κ3) is 9.74. The van der Waals surface area contributed by atoms with Gasteiger partial charge in [0.05, 0.1) is 19.8 Å². The Balaban J connectivity index is 1.94. The summed E-state index contributed by atoms with van der Waals surface area (Å²) in [6.07, 6.45) is 3.45. The summed E-state index contributed by atoms with van der Waals surface area (Å²) in [7, 11) is 3.32. The molecule has 0 spiro atoms. The van der Waals surface area contributed by atoms with Gasteiger partial charge in [0.1, 0.15) is 0 Å². The average Bonchev–Trinajstić information content (AvgIpc) is 2.89. The van der Waals surface area contributed by atoms with E-state index in [2.05, 4.69) is 30.5 Å². The predicted octanol–water partition coefficient (Wildman–Crippen LogP) is 3.15. The fourth-order valence-corrected chi connectivity index (χ4v) is 5.05. The third-order valence-corrected chi connectivity index (χ3v) is 7.90. The van der Waals surface area contributed by atoms with Crippen molar-refractivity contribution in [2.24, 2.45) is 28.9 Å². The molecule has 1 amide bonds. The third-order valence-electron chi connectivity index (χ3n) is 7.90. The zero-order chi connectivity index (χ0) is 27.4. The van der Waals surface area contributed by atoms with E-state index in [1.54, 1.807) is 14.2 Å². The van der Waals surface area contributed by atoms with Gasteiger partial charge in [0, 0.05) is 38.1 Å². The number of piperidine rings is 1. The van der Waals surface area contributed by atoms with E-state index in [0.29, 0.717) is 37.2 Å². The number of nitrogens with two attached hydrogens (primary N) is 1. The number of amides is 1. The maximum atomic E-state index is 12.9. The van der Waals surface area contributed by atoms with Crippen LogP contribution in [0.15, 0.2) is 18.2 Å². The molecule has 5 N–H and O–H groups in total. The largest absolute Gasteiger partial charge is 0.493 e. The highest BCUT2D eigenvalue weighted by atomic mass is 16.5. The van der Waals surface area contributed by atoms with Crippen LogP contribution in [-0.2, 0) is 16.0 Å². The van der Waals surface area contributed by atoms with Crippen LogP contribution >= 0.6 is 0 Å². The van der Waals surface area contributed by atoms with Crippen molar-refractivity contribution in [2.45, 2.75) is 71.9 Å². The minimum Gasteiger partial charge on any atom is -0.493 e. The predicted molar refractivity (Wildman–Crippen MR) is 148 cm³/mol. The molecule has 0 aliphatic carbocycles. The number of ether oxygens (including phenoxy) is 3. The number of hydrogen-bond donors (Lipinski definition) is 4. The molecule has 0 radical (unpaired) electrons. The Kier molecular flexibility index (Phi) is 13.1. The number of methoxy groups -OCH3 is 2. The molecular formula is C29H51N3O5. The molecule has 3 atom stereocenters. The van der Waals surface area contributed by atoms with E-state index in [1.807, 2.05) is 26.0 Å². The van der Waals surface area contributed by atoms with E-state index in [0.717, 1.165) is 50.1 Å². The Morgan fingerprint density at radius 2 is 1.89 bits per heavy atom. The van der Waals surface area contributed by atoms with Crippen molar-refractivity contribution in [1.29, 1.82) is 0 Å². The normalized spacial score (nSPS) is 17.3. The molecule has 0 unspecified atom stereocenters. The molecule has 8 heteroatoms. The highest BCUT2D eigenvalue weighted by molar-refractivity contribution is 5.82. The van der Waals surface area contributed by atoms with Crippen molar-refractivity contribution in [2.75, 3.05) is 47.1 Å². The number of benzene rings is 1. The molecule has 37 heavy (non-hydrogen) atoms. The van der Waals surface area contributed by atoms with E-state index < -0.39 is 17.6 Å². The number of aliphatic hydroxyl groups excluding tert-OH is 1. The van der Waals surface area contributed by atoms with Crippen LogP contribution in [0, 0.1) is 23.2 Å². The first-order valence-corrected chi connectivity index (χ1v) is 13.8. The molecule has 0 aromatic heterocycles. The van der Waals surface area contributed by atoms with Crippen LogP contribution in [0.4, 0.5) is 0 Å². The molecule has 0 saturated carbocycles. The van der Waals surface area contributed by atoms with Crippen LogP contribution in [-0.4, -0.2) is 70.2 Å². The van der Waals surface area contributed by atoms with Gasteiger partial charge in [-0.3, -0.25) is 4.79 Å². The Hall–Kier alpha value is -1.87. The summed E-state index contributed by atoms with van der Waals surface area (Å²) in [6.45, 7) is 11.6. The number of hydrogen-bond acceptors (Lipinski definition) is 7. The van der Waals surface area contributed by atoms with E-state index in [1.165, 1.54) is 0 Å². The van der Waals surface area contributed by atoms with Crippen LogP contribution in [0.5, 0.6) is 11.5 Å². The standard InChI is InChI=1S/C29H51N3O5/c1-20(2)22(16-21-8-9-26(36-6)27(17-21)37-15-7-14-35-5)18-24(30)25(33)19-32-28(34)29(3,4)23-10-12-31-13-11-23/h8-9,17,20,22-25,31,33H,7,10-16,18-19,30H2,1-6H3,(H,32,34)/t22-,24-,25-/m0/s1.